The van der Waals surface area contributed by atoms with Crippen molar-refractivity contribution in [3.8, 4) is 0 Å². The van der Waals surface area contributed by atoms with Crippen molar-refractivity contribution in [1.82, 2.24) is 9.80 Å². The van der Waals surface area contributed by atoms with Gasteiger partial charge < -0.3 is 4.90 Å². The Balaban J connectivity index is 1.98. The summed E-state index contributed by atoms with van der Waals surface area (Å²) in [5.74, 6) is 0.943. The van der Waals surface area contributed by atoms with Gasteiger partial charge in [-0.2, -0.15) is 0 Å². The lowest BCUT2D eigenvalue weighted by Gasteiger charge is -2.44. The summed E-state index contributed by atoms with van der Waals surface area (Å²) in [5.41, 5.74) is 0.366. The molecular formula is C13H26N2. The van der Waals surface area contributed by atoms with Crippen molar-refractivity contribution in [2.75, 3.05) is 26.2 Å². The highest BCUT2D eigenvalue weighted by molar-refractivity contribution is 4.94. The van der Waals surface area contributed by atoms with Crippen molar-refractivity contribution < 1.29 is 0 Å². The van der Waals surface area contributed by atoms with Crippen LogP contribution >= 0.6 is 0 Å². The Kier molecular flexibility index (Phi) is 3.09. The van der Waals surface area contributed by atoms with Gasteiger partial charge in [-0.25, -0.2) is 0 Å². The molecule has 0 spiro atoms. The molecule has 0 aromatic rings. The van der Waals surface area contributed by atoms with Gasteiger partial charge in [0.1, 0.15) is 0 Å². The van der Waals surface area contributed by atoms with Gasteiger partial charge in [-0.05, 0) is 52.6 Å². The van der Waals surface area contributed by atoms with Gasteiger partial charge in [0.25, 0.3) is 0 Å². The van der Waals surface area contributed by atoms with Crippen molar-refractivity contribution in [1.29, 1.82) is 0 Å². The molecule has 0 N–H and O–H groups in total. The molecule has 0 bridgehead atoms. The first-order valence-electron chi connectivity index (χ1n) is 6.51. The third-order valence-corrected chi connectivity index (χ3v) is 4.30. The van der Waals surface area contributed by atoms with Gasteiger partial charge in [0, 0.05) is 24.7 Å². The smallest absolute Gasteiger partial charge is 0.0148 e. The van der Waals surface area contributed by atoms with E-state index in [1.807, 2.05) is 0 Å². The predicted octanol–water partition coefficient (Wildman–Crippen LogP) is 2.20. The van der Waals surface area contributed by atoms with E-state index in [2.05, 4.69) is 37.5 Å². The zero-order valence-electron chi connectivity index (χ0n) is 10.8. The first kappa shape index (κ1) is 11.4. The zero-order valence-corrected chi connectivity index (χ0v) is 10.8. The SMILES string of the molecule is CCN1CCC2CN(C(C)(C)C)CCC21. The maximum atomic E-state index is 2.69. The molecule has 2 unspecified atom stereocenters. The van der Waals surface area contributed by atoms with E-state index in [9.17, 15) is 0 Å². The summed E-state index contributed by atoms with van der Waals surface area (Å²) in [7, 11) is 0. The van der Waals surface area contributed by atoms with Gasteiger partial charge in [0.05, 0.1) is 0 Å². The highest BCUT2D eigenvalue weighted by atomic mass is 15.3. The molecule has 2 rings (SSSR count). The average molecular weight is 210 g/mol. The first-order valence-corrected chi connectivity index (χ1v) is 6.51. The summed E-state index contributed by atoms with van der Waals surface area (Å²) in [6.07, 6.45) is 2.81. The van der Waals surface area contributed by atoms with Crippen LogP contribution in [0.25, 0.3) is 0 Å². The van der Waals surface area contributed by atoms with E-state index in [0.717, 1.165) is 12.0 Å². The molecule has 2 nitrogen and oxygen atoms in total. The quantitative estimate of drug-likeness (QED) is 0.654. The second-order valence-corrected chi connectivity index (χ2v) is 6.15. The summed E-state index contributed by atoms with van der Waals surface area (Å²) in [5, 5.41) is 0. The van der Waals surface area contributed by atoms with E-state index in [1.165, 1.54) is 39.0 Å². The molecule has 0 aliphatic carbocycles. The Morgan fingerprint density at radius 1 is 1.13 bits per heavy atom. The van der Waals surface area contributed by atoms with Crippen molar-refractivity contribution >= 4 is 0 Å². The van der Waals surface area contributed by atoms with Crippen molar-refractivity contribution in [2.45, 2.75) is 52.1 Å². The monoisotopic (exact) mass is 210 g/mol. The van der Waals surface area contributed by atoms with Crippen LogP contribution in [0.3, 0.4) is 0 Å². The van der Waals surface area contributed by atoms with Crippen LogP contribution in [-0.2, 0) is 0 Å². The minimum atomic E-state index is 0.366. The van der Waals surface area contributed by atoms with Crippen molar-refractivity contribution in [2.24, 2.45) is 5.92 Å². The lowest BCUT2D eigenvalue weighted by molar-refractivity contribution is 0.0504. The number of rotatable bonds is 1. The van der Waals surface area contributed by atoms with Gasteiger partial charge in [-0.1, -0.05) is 6.92 Å². The average Bonchev–Trinajstić information content (AvgIpc) is 2.58. The normalized spacial score (nSPS) is 34.4. The Labute approximate surface area is 94.6 Å². The third-order valence-electron chi connectivity index (χ3n) is 4.30. The molecule has 2 saturated heterocycles. The number of fused-ring (bicyclic) bond motifs is 1. The third kappa shape index (κ3) is 2.21. The Bertz CT molecular complexity index is 219. The molecule has 2 heterocycles. The molecule has 0 aromatic carbocycles. The molecule has 2 aliphatic heterocycles. The topological polar surface area (TPSA) is 6.48 Å². The van der Waals surface area contributed by atoms with Crippen LogP contribution in [0.5, 0.6) is 0 Å². The van der Waals surface area contributed by atoms with Crippen LogP contribution in [-0.4, -0.2) is 47.6 Å². The van der Waals surface area contributed by atoms with Crippen molar-refractivity contribution in [3.05, 3.63) is 0 Å². The maximum absolute atomic E-state index is 2.69. The standard InChI is InChI=1S/C13H26N2/c1-5-14-8-6-11-10-15(13(2,3)4)9-7-12(11)14/h11-12H,5-10H2,1-4H3. The molecule has 2 heteroatoms. The maximum Gasteiger partial charge on any atom is 0.0148 e. The Morgan fingerprint density at radius 3 is 2.47 bits per heavy atom. The summed E-state index contributed by atoms with van der Waals surface area (Å²) in [6.45, 7) is 14.5. The largest absolute Gasteiger partial charge is 0.300 e. The van der Waals surface area contributed by atoms with E-state index in [1.54, 1.807) is 0 Å². The molecule has 2 atom stereocenters. The van der Waals surface area contributed by atoms with Crippen LogP contribution in [0, 0.1) is 5.92 Å². The second kappa shape index (κ2) is 4.06. The lowest BCUT2D eigenvalue weighted by atomic mass is 9.89. The number of hydrogen-bond donors (Lipinski definition) is 0. The number of hydrogen-bond acceptors (Lipinski definition) is 2. The first-order chi connectivity index (χ1) is 7.02. The van der Waals surface area contributed by atoms with Gasteiger partial charge >= 0.3 is 0 Å². The highest BCUT2D eigenvalue weighted by Crippen LogP contribution is 2.33. The van der Waals surface area contributed by atoms with Crippen molar-refractivity contribution in [3.63, 3.8) is 0 Å². The molecule has 2 aliphatic rings. The summed E-state index contributed by atoms with van der Waals surface area (Å²) >= 11 is 0. The Hall–Kier alpha value is -0.0800. The number of likely N-dealkylation sites (tertiary alicyclic amines) is 2. The number of nitrogens with zero attached hydrogens (tertiary/aromatic N) is 2. The predicted molar refractivity (Wildman–Crippen MR) is 65.1 cm³/mol. The van der Waals surface area contributed by atoms with E-state index >= 15 is 0 Å². The fraction of sp³-hybridized carbons (Fsp3) is 1.00. The molecule has 2 fully saturated rings. The van der Waals surface area contributed by atoms with E-state index in [0.29, 0.717) is 5.54 Å². The minimum Gasteiger partial charge on any atom is -0.300 e. The van der Waals surface area contributed by atoms with E-state index < -0.39 is 0 Å². The van der Waals surface area contributed by atoms with Crippen LogP contribution in [0.2, 0.25) is 0 Å². The molecule has 15 heavy (non-hydrogen) atoms. The van der Waals surface area contributed by atoms with Gasteiger partial charge in [-0.3, -0.25) is 4.90 Å². The lowest BCUT2D eigenvalue weighted by Crippen LogP contribution is -2.52. The van der Waals surface area contributed by atoms with Crippen LogP contribution in [0.1, 0.15) is 40.5 Å². The molecule has 88 valence electrons. The molecular weight excluding hydrogens is 184 g/mol. The molecule has 0 aromatic heterocycles. The van der Waals surface area contributed by atoms with Gasteiger partial charge in [-0.15, -0.1) is 0 Å². The molecule has 0 saturated carbocycles. The van der Waals surface area contributed by atoms with Crippen LogP contribution in [0.15, 0.2) is 0 Å². The summed E-state index contributed by atoms with van der Waals surface area (Å²) in [4.78, 5) is 5.36. The fourth-order valence-corrected chi connectivity index (χ4v) is 3.28. The van der Waals surface area contributed by atoms with E-state index in [4.69, 9.17) is 0 Å². The van der Waals surface area contributed by atoms with Gasteiger partial charge in [0.2, 0.25) is 0 Å². The number of piperidine rings is 1. The molecule has 0 radical (unpaired) electrons. The van der Waals surface area contributed by atoms with Crippen LogP contribution < -0.4 is 0 Å². The summed E-state index contributed by atoms with van der Waals surface area (Å²) < 4.78 is 0. The summed E-state index contributed by atoms with van der Waals surface area (Å²) in [6, 6.07) is 0.897. The van der Waals surface area contributed by atoms with Crippen LogP contribution in [0.4, 0.5) is 0 Å². The second-order valence-electron chi connectivity index (χ2n) is 6.15. The fourth-order valence-electron chi connectivity index (χ4n) is 3.28. The van der Waals surface area contributed by atoms with Gasteiger partial charge in [0.15, 0.2) is 0 Å². The highest BCUT2D eigenvalue weighted by Gasteiger charge is 2.39. The zero-order chi connectivity index (χ0) is 11.1. The Morgan fingerprint density at radius 2 is 1.87 bits per heavy atom. The molecule has 0 amide bonds. The minimum absolute atomic E-state index is 0.366. The van der Waals surface area contributed by atoms with E-state index in [-0.39, 0.29) is 0 Å².